The first-order valence-corrected chi connectivity index (χ1v) is 49.8. The smallest absolute Gasteiger partial charge is 0.0654 e. The predicted molar refractivity (Wildman–Crippen MR) is 464 cm³/mol. The van der Waals surface area contributed by atoms with Crippen LogP contribution in [0.1, 0.15) is 538 Å². The third kappa shape index (κ3) is 49.1. The van der Waals surface area contributed by atoms with Crippen molar-refractivity contribution in [3.63, 3.8) is 0 Å². The van der Waals surface area contributed by atoms with Crippen molar-refractivity contribution in [1.29, 1.82) is 0 Å². The number of allylic oxidation sites excluding steroid dienone is 2. The van der Waals surface area contributed by atoms with Gasteiger partial charge in [-0.1, -0.05) is 300 Å². The van der Waals surface area contributed by atoms with Crippen molar-refractivity contribution in [3.8, 4) is 0 Å². The summed E-state index contributed by atoms with van der Waals surface area (Å²) in [6, 6.07) is 9.97. The van der Waals surface area contributed by atoms with Crippen LogP contribution in [-0.2, 0) is 56.5 Å². The summed E-state index contributed by atoms with van der Waals surface area (Å²) in [6.07, 6.45) is 99.9. The van der Waals surface area contributed by atoms with E-state index in [4.69, 9.17) is 0 Å². The zero-order valence-corrected chi connectivity index (χ0v) is 73.4. The maximum atomic E-state index is 12.7. The molecule has 2 aromatic carbocycles. The molecular formula is C100H182N2Pd. The topological polar surface area (TPSA) is 25.3 Å². The van der Waals surface area contributed by atoms with Gasteiger partial charge in [0, 0.05) is 22.3 Å². The Labute approximate surface area is 656 Å². The fraction of sp³-hybridized carbons (Fsp3) is 0.840. The third-order valence-corrected chi connectivity index (χ3v) is 25.6. The molecule has 2 nitrogen and oxygen atoms in total. The van der Waals surface area contributed by atoms with Crippen LogP contribution < -0.4 is 0 Å². The van der Waals surface area contributed by atoms with Gasteiger partial charge in [0.2, 0.25) is 11.4 Å². The van der Waals surface area contributed by atoms with Gasteiger partial charge in [0.1, 0.15) is 0 Å². The molecule has 0 bridgehead atoms. The molecule has 0 atom stereocenters. The molecule has 0 N–H and O–H groups in total. The van der Waals surface area contributed by atoms with E-state index in [0.29, 0.717) is 0 Å². The van der Waals surface area contributed by atoms with Crippen molar-refractivity contribution in [1.82, 2.24) is 0 Å². The minimum Gasteiger partial charge on any atom is -0.0654 e. The van der Waals surface area contributed by atoms with Crippen LogP contribution in [0.2, 0.25) is 9.79 Å². The molecule has 103 heavy (non-hydrogen) atoms. The SMILES string of the molecule is CCCCCCC1=C(c2cc(CCCC)c(CC)c(CCCC)c2)[N+](=[N-])C(c2cc(CCCC)c(CC)c(CCCC)c2)=C1CCCCCC.CCCCCCCCCCCCCCCCCCCCCCCCC[CH2][Pd][CH2]CCCCCCCCCCCCCCCCCCCCCCCCC. The molecule has 3 rings (SSSR count). The zero-order chi connectivity index (χ0) is 74.4. The average molecular weight is 1520 g/mol. The average Bonchev–Trinajstić information content (AvgIpc) is 1.61. The van der Waals surface area contributed by atoms with Crippen LogP contribution in [0.3, 0.4) is 0 Å². The Morgan fingerprint density at radius 3 is 0.573 bits per heavy atom. The molecule has 0 saturated heterocycles. The molecule has 0 amide bonds. The monoisotopic (exact) mass is 1520 g/mol. The quantitative estimate of drug-likeness (QED) is 0.0358. The molecule has 0 aliphatic carbocycles. The Bertz CT molecular complexity index is 2070. The van der Waals surface area contributed by atoms with Gasteiger partial charge in [-0.15, -0.1) is 0 Å². The Morgan fingerprint density at radius 2 is 0.388 bits per heavy atom. The van der Waals surface area contributed by atoms with Gasteiger partial charge in [-0.25, -0.2) is 4.70 Å². The second-order valence-corrected chi connectivity index (χ2v) is 35.3. The van der Waals surface area contributed by atoms with E-state index in [2.05, 4.69) is 93.5 Å². The second-order valence-electron chi connectivity index (χ2n) is 33.0. The van der Waals surface area contributed by atoms with E-state index in [1.165, 1.54) is 455 Å². The van der Waals surface area contributed by atoms with Gasteiger partial charge in [-0.3, -0.25) is 0 Å². The molecule has 0 aromatic heterocycles. The Morgan fingerprint density at radius 1 is 0.214 bits per heavy atom. The predicted octanol–water partition coefficient (Wildman–Crippen LogP) is 36.0. The minimum atomic E-state index is 1.04. The summed E-state index contributed by atoms with van der Waals surface area (Å²) in [4.78, 5) is 3.10. The van der Waals surface area contributed by atoms with Gasteiger partial charge < -0.3 is 5.53 Å². The van der Waals surface area contributed by atoms with Crippen molar-refractivity contribution >= 4 is 11.4 Å². The number of benzene rings is 2. The van der Waals surface area contributed by atoms with Crippen LogP contribution >= 0.6 is 0 Å². The Balaban J connectivity index is 0.000000701. The summed E-state index contributed by atoms with van der Waals surface area (Å²) in [5.74, 6) is 0. The van der Waals surface area contributed by atoms with E-state index in [-0.39, 0.29) is 0 Å². The van der Waals surface area contributed by atoms with Crippen LogP contribution in [0.15, 0.2) is 35.4 Å². The number of unbranched alkanes of at least 4 members (excludes halogenated alkanes) is 56. The number of rotatable bonds is 76. The molecule has 0 fully saturated rings. The van der Waals surface area contributed by atoms with Gasteiger partial charge in [0.25, 0.3) is 0 Å². The number of hydrogen-bond donors (Lipinski definition) is 0. The van der Waals surface area contributed by atoms with E-state index in [0.717, 1.165) is 80.7 Å². The van der Waals surface area contributed by atoms with E-state index >= 15 is 0 Å². The second kappa shape index (κ2) is 73.0. The fourth-order valence-corrected chi connectivity index (χ4v) is 18.6. The standard InChI is InChI=1S/C48H76N2.2C26H53.Pd/c1-9-17-23-25-31-45-46(32-26-24-18-10-2)48(42-35-39(29-21-13-5)44(16-8)40(36-42)30-22-14-6)50(49)47(45)41-33-37(27-19-11-3)43(15-7)38(34-41)28-20-12-4;2*1-3-5-7-9-11-13-15-17-19-21-23-25-26-24-22-20-18-16-14-12-10-8-6-4-2;/h33-36H,9-32H2,1-8H3;2*1,3-26H2,2H3;. The Kier molecular flexibility index (Phi) is 68.9. The zero-order valence-electron chi connectivity index (χ0n) is 71.8. The summed E-state index contributed by atoms with van der Waals surface area (Å²) in [6.45, 7) is 23.2. The fourth-order valence-electron chi connectivity index (χ4n) is 16.7. The minimum absolute atomic E-state index is 1.04. The van der Waals surface area contributed by atoms with Crippen LogP contribution in [0.5, 0.6) is 0 Å². The number of nitrogens with zero attached hydrogens (tertiary/aromatic N) is 2. The first kappa shape index (κ1) is 97.3. The summed E-state index contributed by atoms with van der Waals surface area (Å²) < 4.78 is 1.70. The molecule has 3 heteroatoms. The summed E-state index contributed by atoms with van der Waals surface area (Å²) in [5.41, 5.74) is 29.4. The Hall–Kier alpha value is -1.82. The van der Waals surface area contributed by atoms with Gasteiger partial charge in [0.15, 0.2) is 0 Å². The van der Waals surface area contributed by atoms with Crippen LogP contribution in [0, 0.1) is 0 Å². The first-order valence-electron chi connectivity index (χ1n) is 47.6. The summed E-state index contributed by atoms with van der Waals surface area (Å²) in [5, 5.41) is 0. The first-order chi connectivity index (χ1) is 50.8. The van der Waals surface area contributed by atoms with Crippen molar-refractivity contribution in [2.75, 3.05) is 0 Å². The molecular weight excluding hydrogens is 1340 g/mol. The van der Waals surface area contributed by atoms with E-state index < -0.39 is 0 Å². The maximum absolute atomic E-state index is 12.7. The normalized spacial score (nSPS) is 12.5. The van der Waals surface area contributed by atoms with Crippen molar-refractivity contribution < 1.29 is 22.7 Å². The molecule has 1 heterocycles. The van der Waals surface area contributed by atoms with Gasteiger partial charge in [-0.2, -0.15) is 0 Å². The third-order valence-electron chi connectivity index (χ3n) is 23.4. The van der Waals surface area contributed by atoms with Gasteiger partial charge in [-0.05, 0) is 148 Å². The molecule has 602 valence electrons. The van der Waals surface area contributed by atoms with Crippen LogP contribution in [0.25, 0.3) is 16.9 Å². The van der Waals surface area contributed by atoms with Crippen LogP contribution in [0.4, 0.5) is 0 Å². The molecule has 2 aromatic rings. The molecule has 0 unspecified atom stereocenters. The van der Waals surface area contributed by atoms with E-state index in [9.17, 15) is 5.53 Å². The molecule has 0 saturated carbocycles. The number of aryl methyl sites for hydroxylation is 4. The van der Waals surface area contributed by atoms with Crippen molar-refractivity contribution in [2.45, 2.75) is 541 Å². The van der Waals surface area contributed by atoms with Gasteiger partial charge >= 0.3 is 169 Å². The van der Waals surface area contributed by atoms with E-state index in [1.54, 1.807) is 25.6 Å². The summed E-state index contributed by atoms with van der Waals surface area (Å²) >= 11 is 1.06. The molecule has 1 aliphatic rings. The van der Waals surface area contributed by atoms with Crippen molar-refractivity contribution in [3.05, 3.63) is 85.5 Å². The molecule has 0 spiro atoms. The van der Waals surface area contributed by atoms with Gasteiger partial charge in [0.05, 0.1) is 0 Å². The number of hydrogen-bond acceptors (Lipinski definition) is 0. The van der Waals surface area contributed by atoms with Crippen LogP contribution in [-0.4, -0.2) is 4.70 Å². The summed E-state index contributed by atoms with van der Waals surface area (Å²) in [7, 11) is 0. The van der Waals surface area contributed by atoms with Crippen molar-refractivity contribution in [2.24, 2.45) is 0 Å². The molecule has 0 radical (unpaired) electrons. The van der Waals surface area contributed by atoms with E-state index in [1.807, 2.05) is 0 Å². The molecule has 1 aliphatic heterocycles.